The highest BCUT2D eigenvalue weighted by molar-refractivity contribution is 5.85. The van der Waals surface area contributed by atoms with Gasteiger partial charge in [-0.05, 0) is 17.7 Å². The maximum absolute atomic E-state index is 3.41. The fraction of sp³-hybridized carbons (Fsp3) is 0.222. The molecule has 0 saturated carbocycles. The molecule has 100 valence electrons. The van der Waals surface area contributed by atoms with E-state index in [2.05, 4.69) is 53.5 Å². The van der Waals surface area contributed by atoms with Crippen LogP contribution in [0.5, 0.6) is 0 Å². The number of fused-ring (bicyclic) bond motifs is 1. The van der Waals surface area contributed by atoms with Crippen molar-refractivity contribution in [2.75, 3.05) is 0 Å². The lowest BCUT2D eigenvalue weighted by atomic mass is 10.1. The van der Waals surface area contributed by atoms with Gasteiger partial charge in [-0.25, -0.2) is 0 Å². The Kier molecular flexibility index (Phi) is 6.45. The summed E-state index contributed by atoms with van der Waals surface area (Å²) in [4.78, 5) is 3.41. The second kappa shape index (κ2) is 8.15. The summed E-state index contributed by atoms with van der Waals surface area (Å²) < 4.78 is 0. The van der Waals surface area contributed by atoms with Gasteiger partial charge in [-0.15, -0.1) is 0 Å². The minimum absolute atomic E-state index is 1.18. The Hall–Kier alpha value is -2.02. The van der Waals surface area contributed by atoms with Crippen molar-refractivity contribution >= 4 is 10.9 Å². The van der Waals surface area contributed by atoms with Gasteiger partial charge < -0.3 is 4.98 Å². The van der Waals surface area contributed by atoms with Gasteiger partial charge in [0.05, 0.1) is 0 Å². The van der Waals surface area contributed by atoms with Crippen LogP contribution in [-0.2, 0) is 0 Å². The molecule has 1 N–H and O–H groups in total. The van der Waals surface area contributed by atoms with Crippen LogP contribution in [0, 0.1) is 0 Å². The summed E-state index contributed by atoms with van der Waals surface area (Å²) in [7, 11) is 0. The van der Waals surface area contributed by atoms with E-state index in [4.69, 9.17) is 0 Å². The predicted octanol–water partition coefficient (Wildman–Crippen LogP) is 5.89. The molecule has 3 aromatic rings. The molecule has 0 radical (unpaired) electrons. The molecule has 0 aliphatic heterocycles. The number of aromatic amines is 1. The highest BCUT2D eigenvalue weighted by Crippen LogP contribution is 2.23. The molecule has 2 aromatic carbocycles. The first kappa shape index (κ1) is 15.0. The smallest absolute Gasteiger partial charge is 0.0464 e. The van der Waals surface area contributed by atoms with E-state index in [0.717, 1.165) is 0 Å². The molecule has 1 heterocycles. The van der Waals surface area contributed by atoms with Crippen molar-refractivity contribution < 1.29 is 0 Å². The van der Waals surface area contributed by atoms with Crippen LogP contribution in [0.15, 0.2) is 60.7 Å². The summed E-state index contributed by atoms with van der Waals surface area (Å²) in [6.07, 6.45) is 0. The molecule has 19 heavy (non-hydrogen) atoms. The Morgan fingerprint density at radius 1 is 0.684 bits per heavy atom. The van der Waals surface area contributed by atoms with Gasteiger partial charge in [0.2, 0.25) is 0 Å². The Labute approximate surface area is 116 Å². The Morgan fingerprint density at radius 2 is 1.26 bits per heavy atom. The summed E-state index contributed by atoms with van der Waals surface area (Å²) in [5.74, 6) is 0. The SMILES string of the molecule is CC.CC.c1ccc(-c2cc3ccccc3[nH]2)cc1. The van der Waals surface area contributed by atoms with Crippen LogP contribution in [0.1, 0.15) is 27.7 Å². The van der Waals surface area contributed by atoms with Crippen molar-refractivity contribution in [1.29, 1.82) is 0 Å². The second-order valence-corrected chi connectivity index (χ2v) is 3.64. The van der Waals surface area contributed by atoms with E-state index in [0.29, 0.717) is 0 Å². The van der Waals surface area contributed by atoms with E-state index in [1.807, 2.05) is 39.8 Å². The highest BCUT2D eigenvalue weighted by atomic mass is 14.7. The first-order valence-corrected chi connectivity index (χ1v) is 7.07. The maximum Gasteiger partial charge on any atom is 0.0464 e. The normalized spacial score (nSPS) is 9.05. The molecule has 1 heteroatoms. The molecule has 1 nitrogen and oxygen atoms in total. The van der Waals surface area contributed by atoms with Gasteiger partial charge in [0.25, 0.3) is 0 Å². The third kappa shape index (κ3) is 3.72. The summed E-state index contributed by atoms with van der Waals surface area (Å²) in [6.45, 7) is 8.00. The molecule has 0 unspecified atom stereocenters. The lowest BCUT2D eigenvalue weighted by molar-refractivity contribution is 1.45. The molecular weight excluding hydrogens is 230 g/mol. The van der Waals surface area contributed by atoms with E-state index in [9.17, 15) is 0 Å². The minimum atomic E-state index is 1.18. The van der Waals surface area contributed by atoms with E-state index < -0.39 is 0 Å². The number of rotatable bonds is 1. The monoisotopic (exact) mass is 253 g/mol. The third-order valence-electron chi connectivity index (χ3n) is 2.61. The fourth-order valence-corrected chi connectivity index (χ4v) is 1.85. The lowest BCUT2D eigenvalue weighted by Crippen LogP contribution is -1.74. The van der Waals surface area contributed by atoms with Gasteiger partial charge in [0.15, 0.2) is 0 Å². The molecule has 0 atom stereocenters. The fourth-order valence-electron chi connectivity index (χ4n) is 1.85. The second-order valence-electron chi connectivity index (χ2n) is 3.64. The van der Waals surface area contributed by atoms with Gasteiger partial charge in [-0.1, -0.05) is 76.2 Å². The molecule has 0 saturated heterocycles. The first-order chi connectivity index (χ1) is 9.43. The summed E-state index contributed by atoms with van der Waals surface area (Å²) in [6, 6.07) is 20.9. The molecule has 1 aromatic heterocycles. The van der Waals surface area contributed by atoms with Crippen LogP contribution in [0.4, 0.5) is 0 Å². The van der Waals surface area contributed by atoms with Crippen molar-refractivity contribution in [3.05, 3.63) is 60.7 Å². The van der Waals surface area contributed by atoms with Gasteiger partial charge in [-0.3, -0.25) is 0 Å². The van der Waals surface area contributed by atoms with E-state index >= 15 is 0 Å². The molecule has 0 bridgehead atoms. The number of H-pyrrole nitrogens is 1. The zero-order chi connectivity index (χ0) is 14.1. The number of nitrogens with one attached hydrogen (secondary N) is 1. The lowest BCUT2D eigenvalue weighted by Gasteiger charge is -1.94. The zero-order valence-corrected chi connectivity index (χ0v) is 12.3. The third-order valence-corrected chi connectivity index (χ3v) is 2.61. The topological polar surface area (TPSA) is 15.8 Å². The van der Waals surface area contributed by atoms with Crippen molar-refractivity contribution in [2.45, 2.75) is 27.7 Å². The maximum atomic E-state index is 3.41. The summed E-state index contributed by atoms with van der Waals surface area (Å²) in [5, 5.41) is 1.26. The average molecular weight is 253 g/mol. The zero-order valence-electron chi connectivity index (χ0n) is 12.3. The van der Waals surface area contributed by atoms with Gasteiger partial charge in [0.1, 0.15) is 0 Å². The number of para-hydroxylation sites is 1. The van der Waals surface area contributed by atoms with E-state index in [1.165, 1.54) is 22.2 Å². The molecule has 0 fully saturated rings. The number of benzene rings is 2. The Bertz CT molecular complexity index is 546. The Balaban J connectivity index is 0.000000415. The molecule has 3 rings (SSSR count). The molecule has 0 aliphatic rings. The van der Waals surface area contributed by atoms with Crippen molar-refractivity contribution in [2.24, 2.45) is 0 Å². The van der Waals surface area contributed by atoms with E-state index in [1.54, 1.807) is 0 Å². The first-order valence-electron chi connectivity index (χ1n) is 7.07. The van der Waals surface area contributed by atoms with Crippen LogP contribution in [-0.4, -0.2) is 4.98 Å². The van der Waals surface area contributed by atoms with E-state index in [-0.39, 0.29) is 0 Å². The van der Waals surface area contributed by atoms with Gasteiger partial charge >= 0.3 is 0 Å². The van der Waals surface area contributed by atoms with Crippen LogP contribution in [0.2, 0.25) is 0 Å². The van der Waals surface area contributed by atoms with Crippen LogP contribution < -0.4 is 0 Å². The predicted molar refractivity (Wildman–Crippen MR) is 86.4 cm³/mol. The standard InChI is InChI=1S/C14H11N.2C2H6/c1-2-6-11(7-3-1)14-10-12-8-4-5-9-13(12)15-14;2*1-2/h1-10,15H;2*1-2H3. The number of hydrogen-bond donors (Lipinski definition) is 1. The van der Waals surface area contributed by atoms with Gasteiger partial charge in [0, 0.05) is 16.6 Å². The molecule has 0 aliphatic carbocycles. The van der Waals surface area contributed by atoms with Crippen LogP contribution >= 0.6 is 0 Å². The van der Waals surface area contributed by atoms with Crippen LogP contribution in [0.3, 0.4) is 0 Å². The van der Waals surface area contributed by atoms with Crippen molar-refractivity contribution in [3.63, 3.8) is 0 Å². The highest BCUT2D eigenvalue weighted by Gasteiger charge is 2.00. The van der Waals surface area contributed by atoms with Crippen molar-refractivity contribution in [3.8, 4) is 11.3 Å². The quantitative estimate of drug-likeness (QED) is 0.556. The number of aromatic nitrogens is 1. The number of hydrogen-bond acceptors (Lipinski definition) is 0. The Morgan fingerprint density at radius 3 is 1.89 bits per heavy atom. The average Bonchev–Trinajstić information content (AvgIpc) is 2.96. The summed E-state index contributed by atoms with van der Waals surface area (Å²) in [5.41, 5.74) is 3.60. The van der Waals surface area contributed by atoms with Crippen molar-refractivity contribution in [1.82, 2.24) is 4.98 Å². The molecule has 0 spiro atoms. The van der Waals surface area contributed by atoms with Crippen LogP contribution in [0.25, 0.3) is 22.2 Å². The molecular formula is C18H23N. The minimum Gasteiger partial charge on any atom is -0.355 e. The van der Waals surface area contributed by atoms with Gasteiger partial charge in [-0.2, -0.15) is 0 Å². The largest absolute Gasteiger partial charge is 0.355 e. The molecule has 0 amide bonds. The summed E-state index contributed by atoms with van der Waals surface area (Å²) >= 11 is 0.